The number of hydrogen-bond acceptors (Lipinski definition) is 2. The van der Waals surface area contributed by atoms with Crippen molar-refractivity contribution in [1.29, 1.82) is 0 Å². The first-order valence-electron chi connectivity index (χ1n) is 4.56. The van der Waals surface area contributed by atoms with Crippen LogP contribution in [0.4, 0.5) is 0 Å². The molecule has 1 aromatic carbocycles. The second kappa shape index (κ2) is 6.16. The van der Waals surface area contributed by atoms with Crippen molar-refractivity contribution in [2.24, 2.45) is 5.73 Å². The van der Waals surface area contributed by atoms with Gasteiger partial charge in [-0.3, -0.25) is 0 Å². The maximum absolute atomic E-state index is 5.65. The van der Waals surface area contributed by atoms with Crippen LogP contribution in [0, 0.1) is 6.92 Å². The summed E-state index contributed by atoms with van der Waals surface area (Å²) in [5.74, 6) is 0.843. The molecule has 15 heavy (non-hydrogen) atoms. The normalized spacial score (nSPS) is 10.9. The summed E-state index contributed by atoms with van der Waals surface area (Å²) in [4.78, 5) is 0. The average molecular weight is 291 g/mol. The molecule has 0 amide bonds. The summed E-state index contributed by atoms with van der Waals surface area (Å²) >= 11 is 8.84. The highest BCUT2D eigenvalue weighted by Gasteiger charge is 2.06. The third kappa shape index (κ3) is 3.52. The standard InChI is InChI=1S/C11H13BrClNO/c1-8-5-10(12)6-9(7-14)11(8)15-4-2-3-13/h2-3,5-6H,4,7,14H2,1H3/b3-2+. The molecule has 2 nitrogen and oxygen atoms in total. The minimum absolute atomic E-state index is 0.457. The van der Waals surface area contributed by atoms with Gasteiger partial charge in [0.2, 0.25) is 0 Å². The van der Waals surface area contributed by atoms with Crippen LogP contribution >= 0.6 is 27.5 Å². The van der Waals surface area contributed by atoms with Crippen molar-refractivity contribution in [3.8, 4) is 5.75 Å². The second-order valence-corrected chi connectivity index (χ2v) is 4.26. The molecule has 1 aromatic rings. The van der Waals surface area contributed by atoms with Crippen LogP contribution < -0.4 is 10.5 Å². The number of nitrogens with two attached hydrogens (primary N) is 1. The average Bonchev–Trinajstić information content (AvgIpc) is 2.20. The minimum atomic E-state index is 0.457. The molecule has 2 N–H and O–H groups in total. The molecule has 0 saturated carbocycles. The summed E-state index contributed by atoms with van der Waals surface area (Å²) in [6.45, 7) is 2.91. The summed E-state index contributed by atoms with van der Waals surface area (Å²) in [7, 11) is 0. The Balaban J connectivity index is 2.93. The van der Waals surface area contributed by atoms with Crippen molar-refractivity contribution in [2.45, 2.75) is 13.5 Å². The van der Waals surface area contributed by atoms with E-state index in [9.17, 15) is 0 Å². The number of ether oxygens (including phenoxy) is 1. The van der Waals surface area contributed by atoms with Crippen LogP contribution in [0.25, 0.3) is 0 Å². The summed E-state index contributed by atoms with van der Waals surface area (Å²) in [6, 6.07) is 3.96. The smallest absolute Gasteiger partial charge is 0.127 e. The van der Waals surface area contributed by atoms with Gasteiger partial charge in [-0.15, -0.1) is 0 Å². The molecule has 0 bridgehead atoms. The Morgan fingerprint density at radius 3 is 2.87 bits per heavy atom. The maximum atomic E-state index is 5.65. The van der Waals surface area contributed by atoms with Gasteiger partial charge in [-0.2, -0.15) is 0 Å². The van der Waals surface area contributed by atoms with Crippen molar-refractivity contribution in [1.82, 2.24) is 0 Å². The van der Waals surface area contributed by atoms with Crippen molar-refractivity contribution in [3.05, 3.63) is 39.3 Å². The van der Waals surface area contributed by atoms with Crippen LogP contribution in [0.5, 0.6) is 5.75 Å². The molecule has 0 atom stereocenters. The first kappa shape index (κ1) is 12.6. The predicted molar refractivity (Wildman–Crippen MR) is 67.3 cm³/mol. The first-order chi connectivity index (χ1) is 7.19. The van der Waals surface area contributed by atoms with Crippen LogP contribution in [-0.2, 0) is 6.54 Å². The fraction of sp³-hybridized carbons (Fsp3) is 0.273. The zero-order valence-electron chi connectivity index (χ0n) is 8.47. The molecule has 0 heterocycles. The Morgan fingerprint density at radius 2 is 2.27 bits per heavy atom. The van der Waals surface area contributed by atoms with E-state index in [1.807, 2.05) is 19.1 Å². The Hall–Kier alpha value is -0.510. The third-order valence-corrected chi connectivity index (χ3v) is 2.59. The lowest BCUT2D eigenvalue weighted by Gasteiger charge is -2.12. The van der Waals surface area contributed by atoms with E-state index in [1.165, 1.54) is 5.54 Å². The molecule has 0 aliphatic heterocycles. The van der Waals surface area contributed by atoms with Crippen LogP contribution in [0.3, 0.4) is 0 Å². The highest BCUT2D eigenvalue weighted by Crippen LogP contribution is 2.27. The van der Waals surface area contributed by atoms with Gasteiger partial charge in [-0.05, 0) is 30.7 Å². The lowest BCUT2D eigenvalue weighted by atomic mass is 10.1. The van der Waals surface area contributed by atoms with Crippen LogP contribution in [0.15, 0.2) is 28.2 Å². The number of benzene rings is 1. The van der Waals surface area contributed by atoms with E-state index in [4.69, 9.17) is 22.1 Å². The molecule has 4 heteroatoms. The Labute approximate surface area is 103 Å². The molecule has 0 aliphatic rings. The molecule has 82 valence electrons. The van der Waals surface area contributed by atoms with E-state index in [0.717, 1.165) is 21.3 Å². The fourth-order valence-electron chi connectivity index (χ4n) is 1.33. The number of halogens is 2. The SMILES string of the molecule is Cc1cc(Br)cc(CN)c1OC/C=C/Cl. The predicted octanol–water partition coefficient (Wildman–Crippen LogP) is 3.35. The summed E-state index contributed by atoms with van der Waals surface area (Å²) in [5, 5.41) is 0. The van der Waals surface area contributed by atoms with Crippen molar-refractivity contribution >= 4 is 27.5 Å². The van der Waals surface area contributed by atoms with E-state index < -0.39 is 0 Å². The number of aryl methyl sites for hydroxylation is 1. The Bertz CT molecular complexity index is 366. The zero-order valence-corrected chi connectivity index (χ0v) is 10.8. The van der Waals surface area contributed by atoms with E-state index in [-0.39, 0.29) is 0 Å². The van der Waals surface area contributed by atoms with Gasteiger partial charge >= 0.3 is 0 Å². The van der Waals surface area contributed by atoms with Gasteiger partial charge in [-0.25, -0.2) is 0 Å². The molecule has 0 radical (unpaired) electrons. The molecule has 0 fully saturated rings. The first-order valence-corrected chi connectivity index (χ1v) is 5.79. The Kier molecular flexibility index (Phi) is 5.15. The molecule has 0 aromatic heterocycles. The van der Waals surface area contributed by atoms with Gasteiger partial charge in [0, 0.05) is 22.1 Å². The highest BCUT2D eigenvalue weighted by atomic mass is 79.9. The number of hydrogen-bond donors (Lipinski definition) is 1. The summed E-state index contributed by atoms with van der Waals surface area (Å²) in [5.41, 5.74) is 9.14. The Morgan fingerprint density at radius 1 is 1.53 bits per heavy atom. The second-order valence-electron chi connectivity index (χ2n) is 3.09. The van der Waals surface area contributed by atoms with Crippen LogP contribution in [-0.4, -0.2) is 6.61 Å². The van der Waals surface area contributed by atoms with Gasteiger partial charge in [-0.1, -0.05) is 27.5 Å². The van der Waals surface area contributed by atoms with Crippen LogP contribution in [0.1, 0.15) is 11.1 Å². The topological polar surface area (TPSA) is 35.2 Å². The van der Waals surface area contributed by atoms with Gasteiger partial charge in [0.05, 0.1) is 0 Å². The van der Waals surface area contributed by atoms with Gasteiger partial charge in [0.15, 0.2) is 0 Å². The quantitative estimate of drug-likeness (QED) is 0.923. The molecule has 0 spiro atoms. The molecule has 0 unspecified atom stereocenters. The van der Waals surface area contributed by atoms with Crippen molar-refractivity contribution in [2.75, 3.05) is 6.61 Å². The molecule has 0 aliphatic carbocycles. The summed E-state index contributed by atoms with van der Waals surface area (Å²) < 4.78 is 6.60. The number of rotatable bonds is 4. The third-order valence-electron chi connectivity index (χ3n) is 1.95. The van der Waals surface area contributed by atoms with Gasteiger partial charge in [0.25, 0.3) is 0 Å². The lowest BCUT2D eigenvalue weighted by Crippen LogP contribution is -2.04. The maximum Gasteiger partial charge on any atom is 0.127 e. The zero-order chi connectivity index (χ0) is 11.3. The van der Waals surface area contributed by atoms with E-state index in [1.54, 1.807) is 6.08 Å². The monoisotopic (exact) mass is 289 g/mol. The van der Waals surface area contributed by atoms with Crippen molar-refractivity contribution in [3.63, 3.8) is 0 Å². The highest BCUT2D eigenvalue weighted by molar-refractivity contribution is 9.10. The van der Waals surface area contributed by atoms with Crippen LogP contribution in [0.2, 0.25) is 0 Å². The van der Waals surface area contributed by atoms with E-state index in [0.29, 0.717) is 13.2 Å². The van der Waals surface area contributed by atoms with Gasteiger partial charge < -0.3 is 10.5 Å². The molecule has 1 rings (SSSR count). The molecular weight excluding hydrogens is 277 g/mol. The fourth-order valence-corrected chi connectivity index (χ4v) is 2.02. The van der Waals surface area contributed by atoms with E-state index in [2.05, 4.69) is 15.9 Å². The van der Waals surface area contributed by atoms with Gasteiger partial charge in [0.1, 0.15) is 12.4 Å². The van der Waals surface area contributed by atoms with E-state index >= 15 is 0 Å². The molecular formula is C11H13BrClNO. The lowest BCUT2D eigenvalue weighted by molar-refractivity contribution is 0.356. The summed E-state index contributed by atoms with van der Waals surface area (Å²) in [6.07, 6.45) is 1.74. The molecule has 0 saturated heterocycles. The largest absolute Gasteiger partial charge is 0.489 e. The minimum Gasteiger partial charge on any atom is -0.489 e. The van der Waals surface area contributed by atoms with Crippen molar-refractivity contribution < 1.29 is 4.74 Å².